The number of halogens is 3. The third kappa shape index (κ3) is 6.31. The molecule has 0 rings (SSSR count). The first-order valence-corrected chi connectivity index (χ1v) is 4.57. The first-order chi connectivity index (χ1) is 6.69. The van der Waals surface area contributed by atoms with Crippen LogP contribution in [0.4, 0.5) is 13.2 Å². The smallest absolute Gasteiger partial charge is 0.369 e. The zero-order valence-corrected chi connectivity index (χ0v) is 8.77. The van der Waals surface area contributed by atoms with Crippen molar-refractivity contribution in [1.82, 2.24) is 0 Å². The molecule has 0 saturated carbocycles. The summed E-state index contributed by atoms with van der Waals surface area (Å²) < 4.78 is 40.5. The maximum atomic E-state index is 12.0. The molecule has 0 aliphatic carbocycles. The number of nitrogens with zero attached hydrogens (tertiary/aromatic N) is 1. The van der Waals surface area contributed by atoms with Gasteiger partial charge in [-0.25, -0.2) is 0 Å². The van der Waals surface area contributed by atoms with Gasteiger partial charge in [-0.1, -0.05) is 0 Å². The second-order valence-corrected chi connectivity index (χ2v) is 3.69. The summed E-state index contributed by atoms with van der Waals surface area (Å²) in [5, 5.41) is 8.54. The fourth-order valence-electron chi connectivity index (χ4n) is 0.850. The van der Waals surface area contributed by atoms with Crippen molar-refractivity contribution in [3.8, 4) is 6.07 Å². The zero-order valence-electron chi connectivity index (χ0n) is 8.77. The fraction of sp³-hybridized carbons (Fsp3) is 0.889. The minimum absolute atomic E-state index is 0.0465. The van der Waals surface area contributed by atoms with Gasteiger partial charge < -0.3 is 10.5 Å². The average Bonchev–Trinajstić information content (AvgIpc) is 2.10. The van der Waals surface area contributed by atoms with Gasteiger partial charge in [-0.2, -0.15) is 18.4 Å². The van der Waals surface area contributed by atoms with E-state index in [4.69, 9.17) is 11.0 Å². The van der Waals surface area contributed by atoms with E-state index >= 15 is 0 Å². The lowest BCUT2D eigenvalue weighted by Gasteiger charge is -2.18. The summed E-state index contributed by atoms with van der Waals surface area (Å²) in [5.41, 5.74) is 4.48. The van der Waals surface area contributed by atoms with Crippen LogP contribution in [-0.2, 0) is 4.74 Å². The lowest BCUT2D eigenvalue weighted by atomic mass is 10.00. The molecule has 0 aromatic carbocycles. The molecule has 0 bridgehead atoms. The van der Waals surface area contributed by atoms with Crippen LogP contribution < -0.4 is 5.73 Å². The van der Waals surface area contributed by atoms with Crippen LogP contribution in [0.2, 0.25) is 0 Å². The van der Waals surface area contributed by atoms with Gasteiger partial charge in [-0.3, -0.25) is 0 Å². The highest BCUT2D eigenvalue weighted by molar-refractivity contribution is 5.00. The molecule has 0 saturated heterocycles. The van der Waals surface area contributed by atoms with Crippen LogP contribution in [-0.4, -0.2) is 24.4 Å². The van der Waals surface area contributed by atoms with Crippen molar-refractivity contribution in [2.24, 2.45) is 5.73 Å². The molecule has 3 nitrogen and oxygen atoms in total. The second kappa shape index (κ2) is 5.33. The molecular weight excluding hydrogens is 209 g/mol. The highest BCUT2D eigenvalue weighted by Crippen LogP contribution is 2.22. The first kappa shape index (κ1) is 14.2. The number of rotatable bonds is 5. The second-order valence-electron chi connectivity index (χ2n) is 3.69. The van der Waals surface area contributed by atoms with E-state index in [1.165, 1.54) is 6.92 Å². The van der Waals surface area contributed by atoms with Crippen LogP contribution in [0, 0.1) is 11.3 Å². The summed E-state index contributed by atoms with van der Waals surface area (Å²) in [6, 6.07) is 1.86. The molecule has 88 valence electrons. The molecule has 2 atom stereocenters. The van der Waals surface area contributed by atoms with E-state index in [1.54, 1.807) is 0 Å². The monoisotopic (exact) mass is 224 g/mol. The van der Waals surface area contributed by atoms with Crippen LogP contribution in [0.1, 0.15) is 26.7 Å². The van der Waals surface area contributed by atoms with Gasteiger partial charge in [0, 0.05) is 6.61 Å². The van der Waals surface area contributed by atoms with Crippen LogP contribution >= 0.6 is 0 Å². The molecule has 2 unspecified atom stereocenters. The van der Waals surface area contributed by atoms with Gasteiger partial charge in [-0.15, -0.1) is 0 Å². The molecule has 0 radical (unpaired) electrons. The summed E-state index contributed by atoms with van der Waals surface area (Å²) in [4.78, 5) is 0. The van der Waals surface area contributed by atoms with Gasteiger partial charge >= 0.3 is 6.18 Å². The van der Waals surface area contributed by atoms with Crippen molar-refractivity contribution >= 4 is 0 Å². The van der Waals surface area contributed by atoms with E-state index in [0.29, 0.717) is 12.8 Å². The van der Waals surface area contributed by atoms with E-state index in [-0.39, 0.29) is 6.61 Å². The van der Waals surface area contributed by atoms with Crippen molar-refractivity contribution < 1.29 is 17.9 Å². The van der Waals surface area contributed by atoms with E-state index in [9.17, 15) is 13.2 Å². The Morgan fingerprint density at radius 3 is 2.40 bits per heavy atom. The molecule has 15 heavy (non-hydrogen) atoms. The number of nitriles is 1. The normalized spacial score (nSPS) is 17.9. The molecule has 0 amide bonds. The van der Waals surface area contributed by atoms with Crippen molar-refractivity contribution in [3.63, 3.8) is 0 Å². The van der Waals surface area contributed by atoms with Gasteiger partial charge in [0.15, 0.2) is 6.10 Å². The largest absolute Gasteiger partial charge is 0.414 e. The maximum absolute atomic E-state index is 12.0. The van der Waals surface area contributed by atoms with Crippen LogP contribution in [0.3, 0.4) is 0 Å². The molecule has 6 heteroatoms. The number of alkyl halides is 3. The number of nitrogens with two attached hydrogens (primary N) is 1. The van der Waals surface area contributed by atoms with Crippen molar-refractivity contribution in [1.29, 1.82) is 5.26 Å². The van der Waals surface area contributed by atoms with Gasteiger partial charge in [-0.05, 0) is 26.7 Å². The molecule has 0 fully saturated rings. The van der Waals surface area contributed by atoms with E-state index in [0.717, 1.165) is 6.92 Å². The topological polar surface area (TPSA) is 59.0 Å². The lowest BCUT2D eigenvalue weighted by Crippen LogP contribution is -2.34. The number of hydrogen-bond acceptors (Lipinski definition) is 3. The van der Waals surface area contributed by atoms with E-state index in [1.807, 2.05) is 6.07 Å². The zero-order chi connectivity index (χ0) is 12.1. The van der Waals surface area contributed by atoms with Gasteiger partial charge in [0.25, 0.3) is 0 Å². The predicted octanol–water partition coefficient (Wildman–Crippen LogP) is 1.97. The molecule has 0 spiro atoms. The summed E-state index contributed by atoms with van der Waals surface area (Å²) in [6.07, 6.45) is -5.46. The molecule has 0 aliphatic heterocycles. The van der Waals surface area contributed by atoms with Crippen molar-refractivity contribution in [2.75, 3.05) is 6.61 Å². The Morgan fingerprint density at radius 2 is 2.00 bits per heavy atom. The van der Waals surface area contributed by atoms with Crippen LogP contribution in [0.25, 0.3) is 0 Å². The Balaban J connectivity index is 3.70. The molecule has 0 aliphatic rings. The first-order valence-electron chi connectivity index (χ1n) is 4.57. The SMILES string of the molecule is CC(OCCCC(C)(N)C#N)C(F)(F)F. The van der Waals surface area contributed by atoms with Crippen LogP contribution in [0.15, 0.2) is 0 Å². The molecular formula is C9H15F3N2O. The van der Waals surface area contributed by atoms with Crippen LogP contribution in [0.5, 0.6) is 0 Å². The Bertz CT molecular complexity index is 232. The fourth-order valence-corrected chi connectivity index (χ4v) is 0.850. The Kier molecular flexibility index (Phi) is 5.05. The predicted molar refractivity (Wildman–Crippen MR) is 48.9 cm³/mol. The third-order valence-electron chi connectivity index (χ3n) is 1.92. The molecule has 2 N–H and O–H groups in total. The number of ether oxygens (including phenoxy) is 1. The Morgan fingerprint density at radius 1 is 1.47 bits per heavy atom. The molecule has 0 aromatic rings. The Hall–Kier alpha value is -0.800. The summed E-state index contributed by atoms with van der Waals surface area (Å²) in [6.45, 7) is 2.43. The van der Waals surface area contributed by atoms with E-state index in [2.05, 4.69) is 4.74 Å². The summed E-state index contributed by atoms with van der Waals surface area (Å²) >= 11 is 0. The number of hydrogen-bond donors (Lipinski definition) is 1. The Labute approximate surface area is 87.0 Å². The molecule has 0 aromatic heterocycles. The average molecular weight is 224 g/mol. The highest BCUT2D eigenvalue weighted by Gasteiger charge is 2.36. The van der Waals surface area contributed by atoms with Gasteiger partial charge in [0.2, 0.25) is 0 Å². The summed E-state index contributed by atoms with van der Waals surface area (Å²) in [7, 11) is 0. The maximum Gasteiger partial charge on any atom is 0.414 e. The lowest BCUT2D eigenvalue weighted by molar-refractivity contribution is -0.214. The van der Waals surface area contributed by atoms with Gasteiger partial charge in [0.05, 0.1) is 6.07 Å². The summed E-state index contributed by atoms with van der Waals surface area (Å²) in [5.74, 6) is 0. The highest BCUT2D eigenvalue weighted by atomic mass is 19.4. The third-order valence-corrected chi connectivity index (χ3v) is 1.92. The van der Waals surface area contributed by atoms with Crippen molar-refractivity contribution in [2.45, 2.75) is 44.5 Å². The standard InChI is InChI=1S/C9H15F3N2O/c1-7(9(10,11)12)15-5-3-4-8(2,14)6-13/h7H,3-5,14H2,1-2H3. The molecule has 0 heterocycles. The minimum atomic E-state index is -4.33. The minimum Gasteiger partial charge on any atom is -0.369 e. The van der Waals surface area contributed by atoms with Gasteiger partial charge in [0.1, 0.15) is 5.54 Å². The van der Waals surface area contributed by atoms with Crippen molar-refractivity contribution in [3.05, 3.63) is 0 Å². The quantitative estimate of drug-likeness (QED) is 0.726. The van der Waals surface area contributed by atoms with E-state index < -0.39 is 17.8 Å².